The minimum atomic E-state index is -0.323. The van der Waals surface area contributed by atoms with Crippen LogP contribution in [0.4, 0.5) is 5.69 Å². The smallest absolute Gasteiger partial charge is 0.282 e. The van der Waals surface area contributed by atoms with E-state index in [1.54, 1.807) is 24.4 Å². The second-order valence-corrected chi connectivity index (χ2v) is 10.6. The van der Waals surface area contributed by atoms with Gasteiger partial charge in [0, 0.05) is 11.6 Å². The number of benzene rings is 3. The van der Waals surface area contributed by atoms with E-state index in [4.69, 9.17) is 26.1 Å². The maximum Gasteiger partial charge on any atom is 0.282 e. The second kappa shape index (κ2) is 13.0. The van der Waals surface area contributed by atoms with Crippen molar-refractivity contribution >= 4 is 40.3 Å². The number of nitrogens with zero attached hydrogens (tertiary/aromatic N) is 3. The molecule has 9 heteroatoms. The maximum atomic E-state index is 13.5. The monoisotopic (exact) mass is 572 g/mol. The minimum Gasteiger partial charge on any atom is -0.490 e. The topological polar surface area (TPSA) is 94.8 Å². The van der Waals surface area contributed by atoms with Gasteiger partial charge in [-0.1, -0.05) is 60.7 Å². The van der Waals surface area contributed by atoms with E-state index in [0.29, 0.717) is 40.3 Å². The van der Waals surface area contributed by atoms with Crippen LogP contribution < -0.4 is 20.3 Å². The highest BCUT2D eigenvalue weighted by Crippen LogP contribution is 2.37. The Morgan fingerprint density at radius 1 is 1.10 bits per heavy atom. The zero-order valence-corrected chi connectivity index (χ0v) is 24.0. The van der Waals surface area contributed by atoms with Crippen LogP contribution in [-0.4, -0.2) is 35.0 Å². The Bertz CT molecular complexity index is 1630. The highest BCUT2D eigenvalue weighted by molar-refractivity contribution is 6.32. The first kappa shape index (κ1) is 28.4. The number of carbonyl (C=O) groups is 1. The molecule has 212 valence electrons. The van der Waals surface area contributed by atoms with Crippen LogP contribution in [0, 0.1) is 6.92 Å². The number of anilines is 1. The van der Waals surface area contributed by atoms with Crippen LogP contribution in [0.3, 0.4) is 0 Å². The zero-order valence-electron chi connectivity index (χ0n) is 23.2. The fraction of sp³-hybridized carbons (Fsp3) is 0.312. The van der Waals surface area contributed by atoms with Crippen LogP contribution in [-0.2, 0) is 4.79 Å². The summed E-state index contributed by atoms with van der Waals surface area (Å²) >= 11 is 6.60. The summed E-state index contributed by atoms with van der Waals surface area (Å²) in [4.78, 5) is 30.9. The van der Waals surface area contributed by atoms with Crippen LogP contribution in [0.2, 0.25) is 5.02 Å². The molecule has 0 unspecified atom stereocenters. The third kappa shape index (κ3) is 6.77. The van der Waals surface area contributed by atoms with Crippen molar-refractivity contribution in [2.75, 3.05) is 18.5 Å². The van der Waals surface area contributed by atoms with Crippen molar-refractivity contribution < 1.29 is 14.3 Å². The summed E-state index contributed by atoms with van der Waals surface area (Å²) in [6, 6.07) is 18.2. The molecule has 8 nitrogen and oxygen atoms in total. The molecule has 0 bridgehead atoms. The predicted octanol–water partition coefficient (Wildman–Crippen LogP) is 6.70. The second-order valence-electron chi connectivity index (χ2n) is 10.1. The number of ether oxygens (including phenoxy) is 2. The number of hydrogen-bond acceptors (Lipinski definition) is 6. The fourth-order valence-corrected chi connectivity index (χ4v) is 5.31. The van der Waals surface area contributed by atoms with E-state index in [2.05, 4.69) is 10.4 Å². The summed E-state index contributed by atoms with van der Waals surface area (Å²) in [5, 5.41) is 8.18. The lowest BCUT2D eigenvalue weighted by Crippen LogP contribution is -2.25. The molecule has 1 aliphatic rings. The third-order valence-electron chi connectivity index (χ3n) is 7.09. The van der Waals surface area contributed by atoms with Crippen molar-refractivity contribution in [3.8, 4) is 11.5 Å². The first-order chi connectivity index (χ1) is 19.9. The summed E-state index contributed by atoms with van der Waals surface area (Å²) in [7, 11) is 0. The number of hydrogen-bond donors (Lipinski definition) is 1. The molecule has 1 heterocycles. The van der Waals surface area contributed by atoms with Gasteiger partial charge in [0.15, 0.2) is 18.1 Å². The average molecular weight is 573 g/mol. The van der Waals surface area contributed by atoms with Gasteiger partial charge in [-0.05, 0) is 68.7 Å². The SMILES string of the molecule is CCOc1cc(C=Nn2c(C3CCCCC3)nc3ccccc3c2=O)cc(Cl)c1OCC(=O)Nc1ccc(C)cc1. The highest BCUT2D eigenvalue weighted by Gasteiger charge is 2.22. The van der Waals surface area contributed by atoms with Crippen molar-refractivity contribution in [3.63, 3.8) is 0 Å². The number of rotatable bonds is 9. The van der Waals surface area contributed by atoms with Crippen molar-refractivity contribution in [2.24, 2.45) is 5.10 Å². The number of amides is 1. The van der Waals surface area contributed by atoms with Crippen molar-refractivity contribution in [2.45, 2.75) is 51.9 Å². The van der Waals surface area contributed by atoms with Crippen LogP contribution in [0.15, 0.2) is 70.6 Å². The van der Waals surface area contributed by atoms with E-state index in [-0.39, 0.29) is 34.8 Å². The lowest BCUT2D eigenvalue weighted by Gasteiger charge is -2.22. The van der Waals surface area contributed by atoms with E-state index >= 15 is 0 Å². The molecule has 1 aromatic heterocycles. The number of halogens is 1. The molecule has 0 radical (unpaired) electrons. The van der Waals surface area contributed by atoms with Gasteiger partial charge in [-0.2, -0.15) is 9.78 Å². The molecule has 1 fully saturated rings. The summed E-state index contributed by atoms with van der Waals surface area (Å²) in [6.07, 6.45) is 6.93. The largest absolute Gasteiger partial charge is 0.490 e. The molecule has 4 aromatic rings. The van der Waals surface area contributed by atoms with Gasteiger partial charge < -0.3 is 14.8 Å². The van der Waals surface area contributed by atoms with Gasteiger partial charge in [0.1, 0.15) is 5.82 Å². The molecule has 3 aromatic carbocycles. The first-order valence-corrected chi connectivity index (χ1v) is 14.3. The first-order valence-electron chi connectivity index (χ1n) is 13.9. The zero-order chi connectivity index (χ0) is 28.8. The molecule has 5 rings (SSSR count). The quantitative estimate of drug-likeness (QED) is 0.225. The van der Waals surface area contributed by atoms with Gasteiger partial charge in [0.2, 0.25) is 0 Å². The van der Waals surface area contributed by atoms with E-state index < -0.39 is 0 Å². The number of aryl methyl sites for hydroxylation is 1. The Morgan fingerprint density at radius 2 is 1.85 bits per heavy atom. The Kier molecular flexibility index (Phi) is 8.99. The number of carbonyl (C=O) groups excluding carboxylic acids is 1. The Balaban J connectivity index is 1.41. The lowest BCUT2D eigenvalue weighted by molar-refractivity contribution is -0.118. The average Bonchev–Trinajstić information content (AvgIpc) is 2.98. The van der Waals surface area contributed by atoms with Gasteiger partial charge in [0.25, 0.3) is 11.5 Å². The molecule has 1 aliphatic carbocycles. The summed E-state index contributed by atoms with van der Waals surface area (Å²) in [5.41, 5.74) is 2.87. The van der Waals surface area contributed by atoms with Crippen LogP contribution in [0.25, 0.3) is 10.9 Å². The standard InChI is InChI=1S/C32H33ClN4O4/c1-3-40-28-18-22(17-26(33)30(28)41-20-29(38)35-24-15-13-21(2)14-16-24)19-34-37-31(23-9-5-4-6-10-23)36-27-12-8-7-11-25(27)32(37)39/h7-8,11-19,23H,3-6,9-10,20H2,1-2H3,(H,35,38). The van der Waals surface area contributed by atoms with Crippen molar-refractivity contribution in [1.82, 2.24) is 9.66 Å². The minimum absolute atomic E-state index is 0.169. The lowest BCUT2D eigenvalue weighted by atomic mass is 9.88. The summed E-state index contributed by atoms with van der Waals surface area (Å²) < 4.78 is 13.0. The molecular weight excluding hydrogens is 540 g/mol. The Morgan fingerprint density at radius 3 is 2.61 bits per heavy atom. The molecule has 0 atom stereocenters. The van der Waals surface area contributed by atoms with Crippen molar-refractivity contribution in [1.29, 1.82) is 0 Å². The molecule has 41 heavy (non-hydrogen) atoms. The van der Waals surface area contributed by atoms with Gasteiger partial charge in [0.05, 0.1) is 28.7 Å². The Hall–Kier alpha value is -4.17. The molecular formula is C32H33ClN4O4. The van der Waals surface area contributed by atoms with Crippen LogP contribution in [0.1, 0.15) is 61.9 Å². The van der Waals surface area contributed by atoms with Gasteiger partial charge in [-0.15, -0.1) is 0 Å². The van der Waals surface area contributed by atoms with E-state index in [9.17, 15) is 9.59 Å². The predicted molar refractivity (Wildman–Crippen MR) is 163 cm³/mol. The fourth-order valence-electron chi connectivity index (χ4n) is 5.04. The molecule has 0 aliphatic heterocycles. The van der Waals surface area contributed by atoms with Gasteiger partial charge in [-0.3, -0.25) is 9.59 Å². The van der Waals surface area contributed by atoms with Gasteiger partial charge in [-0.25, -0.2) is 4.98 Å². The van der Waals surface area contributed by atoms with Crippen LogP contribution >= 0.6 is 11.6 Å². The van der Waals surface area contributed by atoms with Crippen molar-refractivity contribution in [3.05, 3.63) is 93.0 Å². The summed E-state index contributed by atoms with van der Waals surface area (Å²) in [6.45, 7) is 3.94. The number of aromatic nitrogens is 2. The number of nitrogens with one attached hydrogen (secondary N) is 1. The number of fused-ring (bicyclic) bond motifs is 1. The van der Waals surface area contributed by atoms with Gasteiger partial charge >= 0.3 is 0 Å². The molecule has 1 N–H and O–H groups in total. The highest BCUT2D eigenvalue weighted by atomic mass is 35.5. The van der Waals surface area contributed by atoms with Crippen LogP contribution in [0.5, 0.6) is 11.5 Å². The van der Waals surface area contributed by atoms with E-state index in [1.807, 2.05) is 56.3 Å². The summed E-state index contributed by atoms with van der Waals surface area (Å²) in [5.74, 6) is 1.16. The molecule has 0 spiro atoms. The number of para-hydroxylation sites is 1. The molecule has 0 saturated heterocycles. The van der Waals surface area contributed by atoms with E-state index in [0.717, 1.165) is 31.2 Å². The molecule has 1 saturated carbocycles. The third-order valence-corrected chi connectivity index (χ3v) is 7.37. The molecule has 1 amide bonds. The maximum absolute atomic E-state index is 13.5. The Labute approximate surface area is 244 Å². The van der Waals surface area contributed by atoms with E-state index in [1.165, 1.54) is 11.1 Å². The normalized spacial score (nSPS) is 13.9.